The molecule has 1 rings (SSSR count). The molecule has 0 fully saturated rings. The number of pyridine rings is 1. The van der Waals surface area contributed by atoms with Crippen molar-refractivity contribution in [3.63, 3.8) is 0 Å². The number of carbonyl (C=O) groups excluding carboxylic acids is 2. The Morgan fingerprint density at radius 3 is 2.55 bits per heavy atom. The number of amides is 2. The fraction of sp³-hybridized carbons (Fsp3) is 0.533. The number of aromatic nitrogens is 1. The minimum atomic E-state index is -0.148. The lowest BCUT2D eigenvalue weighted by Crippen LogP contribution is -2.27. The second-order valence-corrected chi connectivity index (χ2v) is 5.30. The SMILES string of the molecule is Cc1ccc(NC(=O)CCNC(=O)CCC(C)C)nc1. The molecule has 0 saturated heterocycles. The summed E-state index contributed by atoms with van der Waals surface area (Å²) in [6, 6.07) is 3.64. The lowest BCUT2D eigenvalue weighted by molar-refractivity contribution is -0.121. The van der Waals surface area contributed by atoms with Gasteiger partial charge in [0.25, 0.3) is 0 Å². The van der Waals surface area contributed by atoms with E-state index >= 15 is 0 Å². The molecule has 0 aliphatic heterocycles. The van der Waals surface area contributed by atoms with Gasteiger partial charge in [-0.1, -0.05) is 19.9 Å². The molecule has 0 spiro atoms. The van der Waals surface area contributed by atoms with E-state index in [0.29, 0.717) is 24.7 Å². The first kappa shape index (κ1) is 16.1. The molecule has 5 heteroatoms. The summed E-state index contributed by atoms with van der Waals surface area (Å²) in [7, 11) is 0. The molecule has 5 nitrogen and oxygen atoms in total. The van der Waals surface area contributed by atoms with Gasteiger partial charge < -0.3 is 10.6 Å². The monoisotopic (exact) mass is 277 g/mol. The van der Waals surface area contributed by atoms with Crippen molar-refractivity contribution in [3.05, 3.63) is 23.9 Å². The molecule has 20 heavy (non-hydrogen) atoms. The zero-order chi connectivity index (χ0) is 15.0. The van der Waals surface area contributed by atoms with Crippen molar-refractivity contribution in [2.45, 2.75) is 40.0 Å². The van der Waals surface area contributed by atoms with Gasteiger partial charge in [0.2, 0.25) is 11.8 Å². The van der Waals surface area contributed by atoms with Crippen molar-refractivity contribution in [2.24, 2.45) is 5.92 Å². The van der Waals surface area contributed by atoms with Crippen LogP contribution in [0.25, 0.3) is 0 Å². The van der Waals surface area contributed by atoms with Crippen LogP contribution in [0.3, 0.4) is 0 Å². The summed E-state index contributed by atoms with van der Waals surface area (Å²) in [4.78, 5) is 27.2. The van der Waals surface area contributed by atoms with E-state index in [9.17, 15) is 9.59 Å². The highest BCUT2D eigenvalue weighted by Gasteiger charge is 2.06. The highest BCUT2D eigenvalue weighted by Crippen LogP contribution is 2.04. The summed E-state index contributed by atoms with van der Waals surface area (Å²) in [6.07, 6.45) is 3.33. The van der Waals surface area contributed by atoms with Crippen LogP contribution in [0.4, 0.5) is 5.82 Å². The number of hydrogen-bond acceptors (Lipinski definition) is 3. The predicted molar refractivity (Wildman–Crippen MR) is 79.3 cm³/mol. The van der Waals surface area contributed by atoms with Crippen LogP contribution in [0.15, 0.2) is 18.3 Å². The molecule has 0 aliphatic carbocycles. The van der Waals surface area contributed by atoms with Crippen LogP contribution in [0.5, 0.6) is 0 Å². The number of rotatable bonds is 7. The van der Waals surface area contributed by atoms with Gasteiger partial charge in [0, 0.05) is 25.6 Å². The fourth-order valence-corrected chi connectivity index (χ4v) is 1.57. The van der Waals surface area contributed by atoms with E-state index in [1.54, 1.807) is 12.3 Å². The third-order valence-corrected chi connectivity index (χ3v) is 2.80. The molecule has 1 heterocycles. The van der Waals surface area contributed by atoms with Gasteiger partial charge in [0.15, 0.2) is 0 Å². The molecule has 1 aromatic rings. The number of hydrogen-bond donors (Lipinski definition) is 2. The highest BCUT2D eigenvalue weighted by molar-refractivity contribution is 5.90. The molecule has 0 aromatic carbocycles. The molecule has 0 aliphatic rings. The second kappa shape index (κ2) is 8.30. The molecule has 0 bridgehead atoms. The number of nitrogens with zero attached hydrogens (tertiary/aromatic N) is 1. The van der Waals surface area contributed by atoms with Crippen LogP contribution in [0.1, 0.15) is 38.7 Å². The maximum Gasteiger partial charge on any atom is 0.227 e. The van der Waals surface area contributed by atoms with Gasteiger partial charge in [-0.3, -0.25) is 9.59 Å². The normalized spacial score (nSPS) is 10.4. The van der Waals surface area contributed by atoms with Crippen LogP contribution in [0.2, 0.25) is 0 Å². The summed E-state index contributed by atoms with van der Waals surface area (Å²) in [5.41, 5.74) is 1.04. The van der Waals surface area contributed by atoms with Gasteiger partial charge in [0.1, 0.15) is 5.82 Å². The van der Waals surface area contributed by atoms with E-state index < -0.39 is 0 Å². The summed E-state index contributed by atoms with van der Waals surface area (Å²) in [5.74, 6) is 0.897. The van der Waals surface area contributed by atoms with E-state index in [4.69, 9.17) is 0 Å². The average molecular weight is 277 g/mol. The lowest BCUT2D eigenvalue weighted by atomic mass is 10.1. The predicted octanol–water partition coefficient (Wildman–Crippen LogP) is 2.27. The lowest BCUT2D eigenvalue weighted by Gasteiger charge is -2.07. The maximum absolute atomic E-state index is 11.6. The van der Waals surface area contributed by atoms with E-state index in [-0.39, 0.29) is 18.2 Å². The Morgan fingerprint density at radius 1 is 1.20 bits per heavy atom. The van der Waals surface area contributed by atoms with E-state index in [2.05, 4.69) is 29.5 Å². The smallest absolute Gasteiger partial charge is 0.227 e. The highest BCUT2D eigenvalue weighted by atomic mass is 16.2. The Morgan fingerprint density at radius 2 is 1.95 bits per heavy atom. The van der Waals surface area contributed by atoms with Gasteiger partial charge in [-0.05, 0) is 30.9 Å². The van der Waals surface area contributed by atoms with Crippen molar-refractivity contribution < 1.29 is 9.59 Å². The molecule has 1 aromatic heterocycles. The first-order valence-electron chi connectivity index (χ1n) is 6.96. The van der Waals surface area contributed by atoms with E-state index in [0.717, 1.165) is 12.0 Å². The van der Waals surface area contributed by atoms with E-state index in [1.165, 1.54) is 0 Å². The number of aryl methyl sites for hydroxylation is 1. The quantitative estimate of drug-likeness (QED) is 0.803. The van der Waals surface area contributed by atoms with Gasteiger partial charge in [-0.25, -0.2) is 4.98 Å². The van der Waals surface area contributed by atoms with Gasteiger partial charge >= 0.3 is 0 Å². The van der Waals surface area contributed by atoms with Crippen molar-refractivity contribution in [3.8, 4) is 0 Å². The number of nitrogens with one attached hydrogen (secondary N) is 2. The van der Waals surface area contributed by atoms with Crippen molar-refractivity contribution in [1.82, 2.24) is 10.3 Å². The Labute approximate surface area is 120 Å². The van der Waals surface area contributed by atoms with E-state index in [1.807, 2.05) is 13.0 Å². The standard InChI is InChI=1S/C15H23N3O2/c1-11(2)4-7-14(19)16-9-8-15(20)18-13-6-5-12(3)10-17-13/h5-6,10-11H,4,7-9H2,1-3H3,(H,16,19)(H,17,18,20). The minimum absolute atomic E-state index is 0.0000362. The molecular weight excluding hydrogens is 254 g/mol. The number of carbonyl (C=O) groups is 2. The third kappa shape index (κ3) is 6.87. The first-order valence-corrected chi connectivity index (χ1v) is 6.96. The first-order chi connectivity index (χ1) is 9.47. The average Bonchev–Trinajstić information content (AvgIpc) is 2.39. The summed E-state index contributed by atoms with van der Waals surface area (Å²) < 4.78 is 0. The number of anilines is 1. The van der Waals surface area contributed by atoms with Crippen LogP contribution >= 0.6 is 0 Å². The maximum atomic E-state index is 11.6. The topological polar surface area (TPSA) is 71.1 Å². The molecule has 0 unspecified atom stereocenters. The Balaban J connectivity index is 2.20. The second-order valence-electron chi connectivity index (χ2n) is 5.30. The Kier molecular flexibility index (Phi) is 6.70. The van der Waals surface area contributed by atoms with Crippen LogP contribution in [0, 0.1) is 12.8 Å². The minimum Gasteiger partial charge on any atom is -0.356 e. The fourth-order valence-electron chi connectivity index (χ4n) is 1.57. The van der Waals surface area contributed by atoms with Gasteiger partial charge in [-0.2, -0.15) is 0 Å². The van der Waals surface area contributed by atoms with Crippen LogP contribution < -0.4 is 10.6 Å². The Hall–Kier alpha value is -1.91. The molecule has 2 N–H and O–H groups in total. The molecule has 0 radical (unpaired) electrons. The largest absolute Gasteiger partial charge is 0.356 e. The summed E-state index contributed by atoms with van der Waals surface area (Å²) in [6.45, 7) is 6.45. The van der Waals surface area contributed by atoms with Crippen molar-refractivity contribution >= 4 is 17.6 Å². The Bertz CT molecular complexity index is 441. The van der Waals surface area contributed by atoms with Gasteiger partial charge in [-0.15, -0.1) is 0 Å². The molecule has 0 saturated carbocycles. The molecule has 0 atom stereocenters. The molecule has 2 amide bonds. The van der Waals surface area contributed by atoms with Crippen LogP contribution in [-0.4, -0.2) is 23.3 Å². The summed E-state index contributed by atoms with van der Waals surface area (Å²) in [5, 5.41) is 5.44. The third-order valence-electron chi connectivity index (χ3n) is 2.80. The van der Waals surface area contributed by atoms with Gasteiger partial charge in [0.05, 0.1) is 0 Å². The zero-order valence-electron chi connectivity index (χ0n) is 12.4. The zero-order valence-corrected chi connectivity index (χ0v) is 12.4. The van der Waals surface area contributed by atoms with Crippen molar-refractivity contribution in [1.29, 1.82) is 0 Å². The van der Waals surface area contributed by atoms with Crippen molar-refractivity contribution in [2.75, 3.05) is 11.9 Å². The summed E-state index contributed by atoms with van der Waals surface area (Å²) >= 11 is 0. The van der Waals surface area contributed by atoms with Crippen LogP contribution in [-0.2, 0) is 9.59 Å². The molecule has 110 valence electrons. The molecular formula is C15H23N3O2.